The molecule has 2 heterocycles. The molecule has 1 aromatic heterocycles. The molecule has 1 aromatic rings. The van der Waals surface area contributed by atoms with Crippen molar-refractivity contribution >= 4 is 11.6 Å². The minimum Gasteiger partial charge on any atom is -0.378 e. The van der Waals surface area contributed by atoms with Crippen LogP contribution in [0.15, 0.2) is 18.3 Å². The van der Waals surface area contributed by atoms with Gasteiger partial charge in [-0.3, -0.25) is 0 Å². The maximum atomic E-state index is 11.3. The van der Waals surface area contributed by atoms with Crippen LogP contribution in [0.4, 0.5) is 5.82 Å². The van der Waals surface area contributed by atoms with Crippen LogP contribution in [0.3, 0.4) is 0 Å². The molecule has 0 saturated carbocycles. The van der Waals surface area contributed by atoms with E-state index >= 15 is 0 Å². The first-order valence-electron chi connectivity index (χ1n) is 6.98. The zero-order valence-corrected chi connectivity index (χ0v) is 11.8. The van der Waals surface area contributed by atoms with Crippen LogP contribution in [0.5, 0.6) is 0 Å². The second-order valence-corrected chi connectivity index (χ2v) is 5.06. The van der Waals surface area contributed by atoms with Gasteiger partial charge in [0, 0.05) is 25.7 Å². The lowest BCUT2D eigenvalue weighted by Crippen LogP contribution is -2.36. The van der Waals surface area contributed by atoms with Gasteiger partial charge in [-0.25, -0.2) is 4.98 Å². The summed E-state index contributed by atoms with van der Waals surface area (Å²) in [6, 6.07) is 4.17. The van der Waals surface area contributed by atoms with E-state index in [1.807, 2.05) is 6.20 Å². The van der Waals surface area contributed by atoms with Crippen molar-refractivity contribution in [2.75, 3.05) is 31.2 Å². The lowest BCUT2D eigenvalue weighted by atomic mass is 9.93. The van der Waals surface area contributed by atoms with E-state index in [4.69, 9.17) is 4.74 Å². The van der Waals surface area contributed by atoms with Crippen molar-refractivity contribution in [3.8, 4) is 0 Å². The molecule has 1 saturated heterocycles. The summed E-state index contributed by atoms with van der Waals surface area (Å²) in [5.74, 6) is 1.54. The molecule has 1 aliphatic heterocycles. The number of nitrogens with zero attached hydrogens (tertiary/aromatic N) is 2. The number of Topliss-reactive ketones (excluding diaryl/α,β-unsaturated/α-hetero) is 1. The predicted octanol–water partition coefficient (Wildman–Crippen LogP) is 2.39. The second kappa shape index (κ2) is 6.66. The standard InChI is InChI=1S/C15H22N2O2/c1-3-13(10-12(2)18)14-4-5-15(16-11-14)17-6-8-19-9-7-17/h4-5,11,13H,3,6-10H2,1-2H3. The molecule has 2 rings (SSSR count). The Balaban J connectivity index is 2.05. The zero-order chi connectivity index (χ0) is 13.7. The molecule has 0 N–H and O–H groups in total. The van der Waals surface area contributed by atoms with Crippen molar-refractivity contribution in [2.45, 2.75) is 32.6 Å². The lowest BCUT2D eigenvalue weighted by Gasteiger charge is -2.28. The average Bonchev–Trinajstić information content (AvgIpc) is 2.46. The molecule has 19 heavy (non-hydrogen) atoms. The highest BCUT2D eigenvalue weighted by atomic mass is 16.5. The number of anilines is 1. The van der Waals surface area contributed by atoms with Crippen molar-refractivity contribution in [3.63, 3.8) is 0 Å². The first-order chi connectivity index (χ1) is 9.20. The smallest absolute Gasteiger partial charge is 0.130 e. The summed E-state index contributed by atoms with van der Waals surface area (Å²) in [7, 11) is 0. The molecule has 0 bridgehead atoms. The summed E-state index contributed by atoms with van der Waals surface area (Å²) < 4.78 is 5.34. The Morgan fingerprint density at radius 3 is 2.68 bits per heavy atom. The number of hydrogen-bond acceptors (Lipinski definition) is 4. The van der Waals surface area contributed by atoms with Crippen molar-refractivity contribution < 1.29 is 9.53 Å². The van der Waals surface area contributed by atoms with Gasteiger partial charge < -0.3 is 14.4 Å². The van der Waals surface area contributed by atoms with Gasteiger partial charge in [-0.2, -0.15) is 0 Å². The largest absolute Gasteiger partial charge is 0.378 e. The van der Waals surface area contributed by atoms with Gasteiger partial charge in [-0.15, -0.1) is 0 Å². The number of pyridine rings is 1. The normalized spacial score (nSPS) is 17.3. The van der Waals surface area contributed by atoms with Crippen molar-refractivity contribution in [1.29, 1.82) is 0 Å². The van der Waals surface area contributed by atoms with Crippen molar-refractivity contribution in [1.82, 2.24) is 4.98 Å². The highest BCUT2D eigenvalue weighted by molar-refractivity contribution is 5.76. The summed E-state index contributed by atoms with van der Waals surface area (Å²) >= 11 is 0. The number of morpholine rings is 1. The highest BCUT2D eigenvalue weighted by Crippen LogP contribution is 2.24. The SMILES string of the molecule is CCC(CC(C)=O)c1ccc(N2CCOCC2)nc1. The molecular weight excluding hydrogens is 240 g/mol. The number of ketones is 1. The van der Waals surface area contributed by atoms with E-state index in [9.17, 15) is 4.79 Å². The van der Waals surface area contributed by atoms with E-state index in [-0.39, 0.29) is 5.78 Å². The van der Waals surface area contributed by atoms with Crippen LogP contribution in [0.25, 0.3) is 0 Å². The predicted molar refractivity (Wildman–Crippen MR) is 75.6 cm³/mol. The van der Waals surface area contributed by atoms with Gasteiger partial charge in [0.1, 0.15) is 11.6 Å². The Bertz CT molecular complexity index is 411. The monoisotopic (exact) mass is 262 g/mol. The molecule has 0 radical (unpaired) electrons. The fraction of sp³-hybridized carbons (Fsp3) is 0.600. The first kappa shape index (κ1) is 14.0. The Kier molecular flexibility index (Phi) is 4.91. The summed E-state index contributed by atoms with van der Waals surface area (Å²) in [6.45, 7) is 7.10. The average molecular weight is 262 g/mol. The Morgan fingerprint density at radius 1 is 1.42 bits per heavy atom. The molecule has 0 aromatic carbocycles. The maximum absolute atomic E-state index is 11.3. The van der Waals surface area contributed by atoms with E-state index < -0.39 is 0 Å². The molecule has 1 fully saturated rings. The number of carbonyl (C=O) groups is 1. The summed E-state index contributed by atoms with van der Waals surface area (Å²) in [4.78, 5) is 18.0. The second-order valence-electron chi connectivity index (χ2n) is 5.06. The van der Waals surface area contributed by atoms with Crippen LogP contribution >= 0.6 is 0 Å². The number of carbonyl (C=O) groups excluding carboxylic acids is 1. The summed E-state index contributed by atoms with van der Waals surface area (Å²) in [5.41, 5.74) is 1.16. The quantitative estimate of drug-likeness (QED) is 0.817. The molecule has 4 heteroatoms. The molecule has 1 aliphatic rings. The van der Waals surface area contributed by atoms with E-state index in [2.05, 4.69) is 28.9 Å². The van der Waals surface area contributed by atoms with Gasteiger partial charge >= 0.3 is 0 Å². The third-order valence-corrected chi connectivity index (χ3v) is 3.60. The molecular formula is C15H22N2O2. The minimum absolute atomic E-state index is 0.240. The third kappa shape index (κ3) is 3.77. The van der Waals surface area contributed by atoms with Gasteiger partial charge in [0.15, 0.2) is 0 Å². The Morgan fingerprint density at radius 2 is 2.16 bits per heavy atom. The van der Waals surface area contributed by atoms with Crippen LogP contribution in [0, 0.1) is 0 Å². The van der Waals surface area contributed by atoms with Crippen molar-refractivity contribution in [3.05, 3.63) is 23.9 Å². The van der Waals surface area contributed by atoms with Crippen LogP contribution < -0.4 is 4.90 Å². The highest BCUT2D eigenvalue weighted by Gasteiger charge is 2.15. The van der Waals surface area contributed by atoms with Gasteiger partial charge in [0.2, 0.25) is 0 Å². The number of rotatable bonds is 5. The third-order valence-electron chi connectivity index (χ3n) is 3.60. The van der Waals surface area contributed by atoms with Crippen molar-refractivity contribution in [2.24, 2.45) is 0 Å². The summed E-state index contributed by atoms with van der Waals surface area (Å²) in [5, 5.41) is 0. The minimum atomic E-state index is 0.240. The van der Waals surface area contributed by atoms with Crippen LogP contribution in [0.1, 0.15) is 38.2 Å². The molecule has 1 atom stereocenters. The van der Waals surface area contributed by atoms with E-state index in [1.54, 1.807) is 6.92 Å². The van der Waals surface area contributed by atoms with Gasteiger partial charge in [-0.1, -0.05) is 13.0 Å². The molecule has 0 spiro atoms. The van der Waals surface area contributed by atoms with Crippen LogP contribution in [0.2, 0.25) is 0 Å². The summed E-state index contributed by atoms with van der Waals surface area (Å²) in [6.07, 6.45) is 3.50. The molecule has 0 aliphatic carbocycles. The Labute approximate surface area is 114 Å². The van der Waals surface area contributed by atoms with Gasteiger partial charge in [-0.05, 0) is 30.9 Å². The fourth-order valence-electron chi connectivity index (χ4n) is 2.46. The molecule has 104 valence electrons. The Hall–Kier alpha value is -1.42. The van der Waals surface area contributed by atoms with E-state index in [0.29, 0.717) is 12.3 Å². The van der Waals surface area contributed by atoms with E-state index in [0.717, 1.165) is 44.1 Å². The van der Waals surface area contributed by atoms with E-state index in [1.165, 1.54) is 0 Å². The fourth-order valence-corrected chi connectivity index (χ4v) is 2.46. The number of ether oxygens (including phenoxy) is 1. The molecule has 4 nitrogen and oxygen atoms in total. The zero-order valence-electron chi connectivity index (χ0n) is 11.8. The van der Waals surface area contributed by atoms with Gasteiger partial charge in [0.25, 0.3) is 0 Å². The first-order valence-corrected chi connectivity index (χ1v) is 6.98. The lowest BCUT2D eigenvalue weighted by molar-refractivity contribution is -0.117. The number of aromatic nitrogens is 1. The maximum Gasteiger partial charge on any atom is 0.130 e. The molecule has 1 unspecified atom stereocenters. The van der Waals surface area contributed by atoms with Crippen LogP contribution in [-0.4, -0.2) is 37.1 Å². The van der Waals surface area contributed by atoms with Crippen LogP contribution in [-0.2, 0) is 9.53 Å². The topological polar surface area (TPSA) is 42.4 Å². The van der Waals surface area contributed by atoms with Gasteiger partial charge in [0.05, 0.1) is 13.2 Å². The number of hydrogen-bond donors (Lipinski definition) is 0. The molecule has 0 amide bonds.